The zero-order valence-corrected chi connectivity index (χ0v) is 16.1. The Morgan fingerprint density at radius 2 is 2.15 bits per heavy atom. The number of likely N-dealkylation sites (N-methyl/N-ethyl adjacent to an activating group) is 2. The van der Waals surface area contributed by atoms with E-state index in [2.05, 4.69) is 46.2 Å². The molecular formula is C20H24N4OS. The van der Waals surface area contributed by atoms with E-state index in [0.29, 0.717) is 29.5 Å². The van der Waals surface area contributed by atoms with Crippen molar-refractivity contribution in [3.63, 3.8) is 0 Å². The van der Waals surface area contributed by atoms with Gasteiger partial charge >= 0.3 is 0 Å². The number of nitrogens with zero attached hydrogens (tertiary/aromatic N) is 3. The molecule has 5 rings (SSSR count). The quantitative estimate of drug-likeness (QED) is 0.825. The maximum absolute atomic E-state index is 12.0. The molecule has 2 saturated heterocycles. The van der Waals surface area contributed by atoms with Crippen molar-refractivity contribution in [1.29, 1.82) is 0 Å². The summed E-state index contributed by atoms with van der Waals surface area (Å²) in [6.07, 6.45) is 4.42. The van der Waals surface area contributed by atoms with Gasteiger partial charge in [-0.05, 0) is 61.8 Å². The fourth-order valence-electron chi connectivity index (χ4n) is 5.28. The molecule has 6 heteroatoms. The van der Waals surface area contributed by atoms with E-state index in [0.717, 1.165) is 25.9 Å². The molecule has 2 aromatic rings. The Hall–Kier alpha value is -1.92. The van der Waals surface area contributed by atoms with Crippen molar-refractivity contribution in [1.82, 2.24) is 19.7 Å². The minimum atomic E-state index is 0.109. The van der Waals surface area contributed by atoms with E-state index < -0.39 is 0 Å². The normalized spacial score (nSPS) is 28.9. The smallest absolute Gasteiger partial charge is 0.248 e. The Morgan fingerprint density at radius 1 is 1.31 bits per heavy atom. The van der Waals surface area contributed by atoms with Gasteiger partial charge in [0, 0.05) is 42.7 Å². The van der Waals surface area contributed by atoms with E-state index in [1.54, 1.807) is 11.9 Å². The van der Waals surface area contributed by atoms with Crippen molar-refractivity contribution < 1.29 is 4.79 Å². The molecule has 5 nitrogen and oxygen atoms in total. The van der Waals surface area contributed by atoms with Crippen LogP contribution in [-0.2, 0) is 11.2 Å². The molecule has 0 bridgehead atoms. The number of benzene rings is 1. The molecule has 26 heavy (non-hydrogen) atoms. The van der Waals surface area contributed by atoms with Crippen molar-refractivity contribution in [3.8, 4) is 0 Å². The van der Waals surface area contributed by atoms with Crippen LogP contribution in [0.3, 0.4) is 0 Å². The first-order valence-electron chi connectivity index (χ1n) is 9.39. The number of likely N-dealkylation sites (tertiary alicyclic amines) is 1. The highest BCUT2D eigenvalue weighted by molar-refractivity contribution is 7.80. The SMILES string of the molecule is CN1C(=O)CN(CC2CCN(C)[C@@H]3Cc4c[nH]c5cccc(c45)C23)C1=S. The summed E-state index contributed by atoms with van der Waals surface area (Å²) in [5.41, 5.74) is 4.15. The van der Waals surface area contributed by atoms with Crippen LogP contribution in [-0.4, -0.2) is 70.5 Å². The van der Waals surface area contributed by atoms with Gasteiger partial charge in [0.1, 0.15) is 0 Å². The first-order valence-corrected chi connectivity index (χ1v) is 9.80. The Bertz CT molecular complexity index is 906. The number of nitrogens with one attached hydrogen (secondary N) is 1. The van der Waals surface area contributed by atoms with Crippen LogP contribution in [0, 0.1) is 5.92 Å². The number of rotatable bonds is 2. The second-order valence-electron chi connectivity index (χ2n) is 8.03. The van der Waals surface area contributed by atoms with Crippen LogP contribution in [0.2, 0.25) is 0 Å². The lowest BCUT2D eigenvalue weighted by Gasteiger charge is -2.47. The number of aromatic nitrogens is 1. The second-order valence-corrected chi connectivity index (χ2v) is 8.39. The number of carbonyl (C=O) groups is 1. The van der Waals surface area contributed by atoms with E-state index >= 15 is 0 Å². The van der Waals surface area contributed by atoms with Gasteiger partial charge in [0.2, 0.25) is 5.91 Å². The maximum atomic E-state index is 12.0. The predicted molar refractivity (Wildman–Crippen MR) is 106 cm³/mol. The van der Waals surface area contributed by atoms with Crippen molar-refractivity contribution in [2.45, 2.75) is 24.8 Å². The number of hydrogen-bond acceptors (Lipinski definition) is 3. The summed E-state index contributed by atoms with van der Waals surface area (Å²) >= 11 is 5.51. The molecule has 0 saturated carbocycles. The third-order valence-electron chi connectivity index (χ3n) is 6.66. The molecular weight excluding hydrogens is 344 g/mol. The van der Waals surface area contributed by atoms with Crippen LogP contribution < -0.4 is 0 Å². The van der Waals surface area contributed by atoms with Crippen LogP contribution in [0.5, 0.6) is 0 Å². The topological polar surface area (TPSA) is 42.6 Å². The van der Waals surface area contributed by atoms with E-state index in [-0.39, 0.29) is 5.91 Å². The molecule has 3 atom stereocenters. The molecule has 1 aromatic carbocycles. The summed E-state index contributed by atoms with van der Waals surface area (Å²) in [7, 11) is 4.04. The highest BCUT2D eigenvalue weighted by atomic mass is 32.1. The summed E-state index contributed by atoms with van der Waals surface area (Å²) in [6.45, 7) is 2.41. The zero-order valence-electron chi connectivity index (χ0n) is 15.2. The van der Waals surface area contributed by atoms with Crippen LogP contribution >= 0.6 is 12.2 Å². The summed E-state index contributed by atoms with van der Waals surface area (Å²) in [6, 6.07) is 7.17. The van der Waals surface area contributed by atoms with E-state index in [1.807, 2.05) is 0 Å². The zero-order chi connectivity index (χ0) is 18.0. The Balaban J connectivity index is 1.52. The number of hydrogen-bond donors (Lipinski definition) is 1. The number of thiocarbonyl (C=S) groups is 1. The van der Waals surface area contributed by atoms with Crippen LogP contribution in [0.25, 0.3) is 10.9 Å². The number of carbonyl (C=O) groups excluding carboxylic acids is 1. The molecule has 136 valence electrons. The van der Waals surface area contributed by atoms with E-state index in [9.17, 15) is 4.79 Å². The summed E-state index contributed by atoms with van der Waals surface area (Å²) in [5, 5.41) is 2.10. The van der Waals surface area contributed by atoms with Crippen molar-refractivity contribution in [2.75, 3.05) is 33.7 Å². The van der Waals surface area contributed by atoms with Gasteiger partial charge in [-0.15, -0.1) is 0 Å². The van der Waals surface area contributed by atoms with E-state index in [1.165, 1.54) is 22.0 Å². The fourth-order valence-corrected chi connectivity index (χ4v) is 5.52. The van der Waals surface area contributed by atoms with Gasteiger partial charge in [0.15, 0.2) is 5.11 Å². The molecule has 1 N–H and O–H groups in total. The van der Waals surface area contributed by atoms with Gasteiger partial charge in [-0.3, -0.25) is 9.69 Å². The minimum Gasteiger partial charge on any atom is -0.361 e. The first kappa shape index (κ1) is 16.3. The van der Waals surface area contributed by atoms with Gasteiger partial charge in [0.25, 0.3) is 0 Å². The molecule has 0 radical (unpaired) electrons. The summed E-state index contributed by atoms with van der Waals surface area (Å²) in [4.78, 5) is 21.7. The number of H-pyrrole nitrogens is 1. The average Bonchev–Trinajstić information content (AvgIpc) is 3.16. The molecule has 1 aliphatic carbocycles. The second kappa shape index (κ2) is 5.79. The van der Waals surface area contributed by atoms with Gasteiger partial charge in [-0.1, -0.05) is 12.1 Å². The first-order chi connectivity index (χ1) is 12.5. The monoisotopic (exact) mass is 368 g/mol. The Kier molecular flexibility index (Phi) is 3.62. The lowest BCUT2D eigenvalue weighted by atomic mass is 9.69. The highest BCUT2D eigenvalue weighted by Gasteiger charge is 2.43. The molecule has 2 unspecified atom stereocenters. The third-order valence-corrected chi connectivity index (χ3v) is 7.19. The molecule has 0 spiro atoms. The van der Waals surface area contributed by atoms with Crippen LogP contribution in [0.1, 0.15) is 23.5 Å². The highest BCUT2D eigenvalue weighted by Crippen LogP contribution is 2.46. The number of fused-ring (bicyclic) bond motifs is 2. The summed E-state index contributed by atoms with van der Waals surface area (Å²) < 4.78 is 0. The van der Waals surface area contributed by atoms with Crippen LogP contribution in [0.15, 0.2) is 24.4 Å². The number of piperidine rings is 1. The molecule has 2 aliphatic heterocycles. The molecule has 2 fully saturated rings. The molecule has 3 aliphatic rings. The van der Waals surface area contributed by atoms with Crippen molar-refractivity contribution in [3.05, 3.63) is 35.5 Å². The standard InChI is InChI=1S/C20H24N4OS/c1-22-7-6-12(10-24-11-17(25)23(2)20(24)26)19-14-4-3-5-15-18(14)13(9-21-15)8-16(19)22/h3-5,9,12,16,19,21H,6-8,10-11H2,1-2H3/t12?,16-,19?/m1/s1. The maximum Gasteiger partial charge on any atom is 0.248 e. The van der Waals surface area contributed by atoms with Crippen LogP contribution in [0.4, 0.5) is 0 Å². The lowest BCUT2D eigenvalue weighted by Crippen LogP contribution is -2.51. The number of amides is 1. The average molecular weight is 369 g/mol. The number of aromatic amines is 1. The Morgan fingerprint density at radius 3 is 2.92 bits per heavy atom. The molecule has 3 heterocycles. The van der Waals surface area contributed by atoms with E-state index in [4.69, 9.17) is 12.2 Å². The molecule has 1 aromatic heterocycles. The van der Waals surface area contributed by atoms with Crippen molar-refractivity contribution >= 4 is 34.1 Å². The lowest BCUT2D eigenvalue weighted by molar-refractivity contribution is -0.124. The summed E-state index contributed by atoms with van der Waals surface area (Å²) in [5.74, 6) is 1.12. The van der Waals surface area contributed by atoms with Gasteiger partial charge in [-0.2, -0.15) is 0 Å². The van der Waals surface area contributed by atoms with Gasteiger partial charge < -0.3 is 14.8 Å². The third kappa shape index (κ3) is 2.25. The minimum absolute atomic E-state index is 0.109. The van der Waals surface area contributed by atoms with Gasteiger partial charge in [-0.25, -0.2) is 0 Å². The molecule has 1 amide bonds. The predicted octanol–water partition coefficient (Wildman–Crippen LogP) is 2.19. The Labute approximate surface area is 158 Å². The van der Waals surface area contributed by atoms with Crippen molar-refractivity contribution in [2.24, 2.45) is 5.92 Å². The van der Waals surface area contributed by atoms with Gasteiger partial charge in [0.05, 0.1) is 6.54 Å². The fraction of sp³-hybridized carbons (Fsp3) is 0.500. The largest absolute Gasteiger partial charge is 0.361 e.